The summed E-state index contributed by atoms with van der Waals surface area (Å²) in [6, 6.07) is 16.9. The summed E-state index contributed by atoms with van der Waals surface area (Å²) in [5, 5.41) is 15.2. The molecule has 0 atom stereocenters. The van der Waals surface area contributed by atoms with Crippen LogP contribution in [0.1, 0.15) is 27.0 Å². The van der Waals surface area contributed by atoms with Crippen molar-refractivity contribution < 1.29 is 4.79 Å². The third kappa shape index (κ3) is 4.05. The van der Waals surface area contributed by atoms with Crippen LogP contribution in [0.25, 0.3) is 0 Å². The third-order valence-corrected chi connectivity index (χ3v) is 3.81. The van der Waals surface area contributed by atoms with E-state index in [-0.39, 0.29) is 5.91 Å². The van der Waals surface area contributed by atoms with Gasteiger partial charge in [-0.3, -0.25) is 9.78 Å². The van der Waals surface area contributed by atoms with Crippen molar-refractivity contribution >= 4 is 23.0 Å². The Labute approximate surface area is 152 Å². The van der Waals surface area contributed by atoms with Gasteiger partial charge in [-0.15, -0.1) is 0 Å². The Hall–Kier alpha value is -3.65. The van der Waals surface area contributed by atoms with Gasteiger partial charge in [-0.25, -0.2) is 0 Å². The van der Waals surface area contributed by atoms with E-state index in [1.54, 1.807) is 30.5 Å². The van der Waals surface area contributed by atoms with Crippen molar-refractivity contribution in [2.24, 2.45) is 0 Å². The number of hydrogen-bond acceptors (Lipinski definition) is 4. The molecule has 1 amide bonds. The first-order chi connectivity index (χ1) is 12.5. The average Bonchev–Trinajstić information content (AvgIpc) is 2.61. The second-order valence-corrected chi connectivity index (χ2v) is 6.08. The number of aromatic nitrogens is 1. The van der Waals surface area contributed by atoms with Crippen LogP contribution in [0.4, 0.5) is 17.1 Å². The molecular weight excluding hydrogens is 324 g/mol. The van der Waals surface area contributed by atoms with Crippen molar-refractivity contribution in [2.75, 3.05) is 10.6 Å². The van der Waals surface area contributed by atoms with Crippen LogP contribution in [0, 0.1) is 25.2 Å². The normalized spacial score (nSPS) is 10.0. The molecule has 128 valence electrons. The Morgan fingerprint density at radius 2 is 1.73 bits per heavy atom. The second kappa shape index (κ2) is 7.49. The number of anilines is 3. The van der Waals surface area contributed by atoms with Crippen LogP contribution in [-0.2, 0) is 0 Å². The van der Waals surface area contributed by atoms with Gasteiger partial charge in [0.05, 0.1) is 28.7 Å². The van der Waals surface area contributed by atoms with Crippen molar-refractivity contribution in [2.45, 2.75) is 13.8 Å². The Bertz CT molecular complexity index is 985. The van der Waals surface area contributed by atoms with Crippen LogP contribution in [0.15, 0.2) is 60.9 Å². The number of amides is 1. The minimum absolute atomic E-state index is 0.236. The van der Waals surface area contributed by atoms with Crippen molar-refractivity contribution in [3.63, 3.8) is 0 Å². The number of hydrogen-bond donors (Lipinski definition) is 2. The van der Waals surface area contributed by atoms with Gasteiger partial charge in [-0.1, -0.05) is 18.2 Å². The van der Waals surface area contributed by atoms with Crippen molar-refractivity contribution in [3.8, 4) is 6.07 Å². The number of nitriles is 1. The number of carbonyl (C=O) groups is 1. The van der Waals surface area contributed by atoms with E-state index < -0.39 is 0 Å². The minimum Gasteiger partial charge on any atom is -0.353 e. The highest BCUT2D eigenvalue weighted by molar-refractivity contribution is 6.04. The fraction of sp³-hybridized carbons (Fsp3) is 0.0952. The van der Waals surface area contributed by atoms with E-state index >= 15 is 0 Å². The molecule has 26 heavy (non-hydrogen) atoms. The minimum atomic E-state index is -0.236. The highest BCUT2D eigenvalue weighted by Crippen LogP contribution is 2.21. The Morgan fingerprint density at radius 1 is 1.00 bits per heavy atom. The maximum absolute atomic E-state index is 12.5. The molecule has 0 radical (unpaired) electrons. The third-order valence-electron chi connectivity index (χ3n) is 3.81. The molecule has 1 aromatic heterocycles. The Morgan fingerprint density at radius 3 is 2.46 bits per heavy atom. The summed E-state index contributed by atoms with van der Waals surface area (Å²) >= 11 is 0. The summed E-state index contributed by atoms with van der Waals surface area (Å²) in [5.74, 6) is -0.236. The first kappa shape index (κ1) is 17.2. The summed E-state index contributed by atoms with van der Waals surface area (Å²) < 4.78 is 0. The molecule has 3 rings (SSSR count). The monoisotopic (exact) mass is 342 g/mol. The quantitative estimate of drug-likeness (QED) is 0.728. The molecule has 2 aromatic carbocycles. The molecular formula is C21H18N4O. The zero-order valence-corrected chi connectivity index (χ0v) is 14.6. The summed E-state index contributed by atoms with van der Waals surface area (Å²) in [4.78, 5) is 16.7. The highest BCUT2D eigenvalue weighted by atomic mass is 16.1. The van der Waals surface area contributed by atoms with Gasteiger partial charge in [0.25, 0.3) is 5.91 Å². The zero-order valence-electron chi connectivity index (χ0n) is 14.6. The standard InChI is InChI=1S/C21H18N4O/c1-14-7-15(2)9-18(8-14)25-21(26)17-10-19(13-23-12-17)24-20-6-4-3-5-16(20)11-22/h3-10,12-13,24H,1-2H3,(H,25,26). The maximum atomic E-state index is 12.5. The van der Waals surface area contributed by atoms with E-state index in [9.17, 15) is 10.1 Å². The fourth-order valence-corrected chi connectivity index (χ4v) is 2.73. The first-order valence-electron chi connectivity index (χ1n) is 8.16. The van der Waals surface area contributed by atoms with Crippen molar-refractivity contribution in [1.29, 1.82) is 5.26 Å². The maximum Gasteiger partial charge on any atom is 0.257 e. The summed E-state index contributed by atoms with van der Waals surface area (Å²) in [6.45, 7) is 3.97. The van der Waals surface area contributed by atoms with E-state index in [4.69, 9.17) is 0 Å². The number of benzene rings is 2. The molecule has 0 saturated carbocycles. The van der Waals surface area contributed by atoms with Crippen LogP contribution in [0.2, 0.25) is 0 Å². The van der Waals surface area contributed by atoms with Gasteiger partial charge in [0, 0.05) is 11.9 Å². The summed E-state index contributed by atoms with van der Waals surface area (Å²) in [7, 11) is 0. The molecule has 0 saturated heterocycles. The first-order valence-corrected chi connectivity index (χ1v) is 8.16. The number of carbonyl (C=O) groups excluding carboxylic acids is 1. The smallest absolute Gasteiger partial charge is 0.257 e. The lowest BCUT2D eigenvalue weighted by Gasteiger charge is -2.10. The van der Waals surface area contributed by atoms with Gasteiger partial charge < -0.3 is 10.6 Å². The summed E-state index contributed by atoms with van der Waals surface area (Å²) in [5.41, 5.74) is 5.19. The molecule has 5 nitrogen and oxygen atoms in total. The molecule has 0 aliphatic rings. The van der Waals surface area contributed by atoms with E-state index in [2.05, 4.69) is 21.7 Å². The Balaban J connectivity index is 1.80. The number of nitrogens with one attached hydrogen (secondary N) is 2. The molecule has 2 N–H and O–H groups in total. The summed E-state index contributed by atoms with van der Waals surface area (Å²) in [6.07, 6.45) is 3.13. The van der Waals surface area contributed by atoms with Gasteiger partial charge >= 0.3 is 0 Å². The Kier molecular flexibility index (Phi) is 4.95. The van der Waals surface area contributed by atoms with Crippen LogP contribution < -0.4 is 10.6 Å². The number of aryl methyl sites for hydroxylation is 2. The number of pyridine rings is 1. The number of nitrogens with zero attached hydrogens (tertiary/aromatic N) is 2. The van der Waals surface area contributed by atoms with Gasteiger partial charge in [0.15, 0.2) is 0 Å². The van der Waals surface area contributed by atoms with Gasteiger partial charge in [-0.05, 0) is 55.3 Å². The van der Waals surface area contributed by atoms with E-state index in [0.29, 0.717) is 22.5 Å². The second-order valence-electron chi connectivity index (χ2n) is 6.08. The highest BCUT2D eigenvalue weighted by Gasteiger charge is 2.09. The van der Waals surface area contributed by atoms with E-state index in [1.807, 2.05) is 38.1 Å². The SMILES string of the molecule is Cc1cc(C)cc(NC(=O)c2cncc(Nc3ccccc3C#N)c2)c1. The number of para-hydroxylation sites is 1. The van der Waals surface area contributed by atoms with Crippen molar-refractivity contribution in [3.05, 3.63) is 83.2 Å². The molecule has 0 bridgehead atoms. The van der Waals surface area contributed by atoms with Gasteiger partial charge in [0.2, 0.25) is 0 Å². The van der Waals surface area contributed by atoms with Crippen LogP contribution in [0.5, 0.6) is 0 Å². The predicted molar refractivity (Wildman–Crippen MR) is 103 cm³/mol. The predicted octanol–water partition coefficient (Wildman–Crippen LogP) is 4.57. The molecule has 0 aliphatic carbocycles. The fourth-order valence-electron chi connectivity index (χ4n) is 2.73. The average molecular weight is 342 g/mol. The van der Waals surface area contributed by atoms with Gasteiger partial charge in [-0.2, -0.15) is 5.26 Å². The van der Waals surface area contributed by atoms with Crippen LogP contribution in [-0.4, -0.2) is 10.9 Å². The molecule has 5 heteroatoms. The topological polar surface area (TPSA) is 77.8 Å². The lowest BCUT2D eigenvalue weighted by atomic mass is 10.1. The van der Waals surface area contributed by atoms with Gasteiger partial charge in [0.1, 0.15) is 6.07 Å². The van der Waals surface area contributed by atoms with E-state index in [0.717, 1.165) is 16.8 Å². The van der Waals surface area contributed by atoms with Crippen molar-refractivity contribution in [1.82, 2.24) is 4.98 Å². The molecule has 1 heterocycles. The van der Waals surface area contributed by atoms with E-state index in [1.165, 1.54) is 6.20 Å². The zero-order chi connectivity index (χ0) is 18.5. The molecule has 0 fully saturated rings. The lowest BCUT2D eigenvalue weighted by Crippen LogP contribution is -2.12. The molecule has 0 spiro atoms. The molecule has 0 aliphatic heterocycles. The van der Waals surface area contributed by atoms with Crippen LogP contribution >= 0.6 is 0 Å². The molecule has 3 aromatic rings. The number of rotatable bonds is 4. The molecule has 0 unspecified atom stereocenters. The van der Waals surface area contributed by atoms with Crippen LogP contribution in [0.3, 0.4) is 0 Å². The largest absolute Gasteiger partial charge is 0.353 e. The lowest BCUT2D eigenvalue weighted by molar-refractivity contribution is 0.102.